The molecular weight excluding hydrogens is 339 g/mol. The van der Waals surface area contributed by atoms with Crippen LogP contribution in [-0.4, -0.2) is 24.0 Å². The molecule has 0 radical (unpaired) electrons. The summed E-state index contributed by atoms with van der Waals surface area (Å²) in [5.74, 6) is -1.01. The van der Waals surface area contributed by atoms with Crippen molar-refractivity contribution in [3.05, 3.63) is 33.8 Å². The van der Waals surface area contributed by atoms with Crippen molar-refractivity contribution >= 4 is 35.1 Å². The van der Waals surface area contributed by atoms with Gasteiger partial charge in [0.25, 0.3) is 5.91 Å². The van der Waals surface area contributed by atoms with E-state index >= 15 is 0 Å². The van der Waals surface area contributed by atoms with Crippen LogP contribution in [0, 0.1) is 11.3 Å². The molecule has 0 bridgehead atoms. The molecule has 7 heteroatoms. The van der Waals surface area contributed by atoms with Crippen molar-refractivity contribution in [2.24, 2.45) is 0 Å². The molecule has 1 aromatic carbocycles. The van der Waals surface area contributed by atoms with Gasteiger partial charge in [0.2, 0.25) is 0 Å². The number of carbonyl (C=O) groups is 2. The largest absolute Gasteiger partial charge is 0.455 e. The zero-order valence-electron chi connectivity index (χ0n) is 12.4. The lowest BCUT2D eigenvalue weighted by Crippen LogP contribution is -2.46. The zero-order chi connectivity index (χ0) is 16.9. The van der Waals surface area contributed by atoms with Gasteiger partial charge in [-0.2, -0.15) is 5.26 Å². The number of amides is 1. The van der Waals surface area contributed by atoms with Crippen LogP contribution in [0.25, 0.3) is 0 Å². The maximum atomic E-state index is 11.8. The second-order valence-corrected chi connectivity index (χ2v) is 6.35. The normalized spacial score (nSPS) is 15.7. The summed E-state index contributed by atoms with van der Waals surface area (Å²) in [6.45, 7) is -0.399. The SMILES string of the molecule is N#CC1(NC(=O)COC(=O)Cc2ccc(Cl)c(Cl)c2)CCCC1. The number of carbonyl (C=O) groups excluding carboxylic acids is 2. The topological polar surface area (TPSA) is 79.2 Å². The highest BCUT2D eigenvalue weighted by Crippen LogP contribution is 2.28. The Morgan fingerprint density at radius 2 is 1.96 bits per heavy atom. The first kappa shape index (κ1) is 17.6. The van der Waals surface area contributed by atoms with Crippen molar-refractivity contribution in [1.82, 2.24) is 5.32 Å². The summed E-state index contributed by atoms with van der Waals surface area (Å²) in [5, 5.41) is 12.6. The molecule has 1 N–H and O–H groups in total. The quantitative estimate of drug-likeness (QED) is 0.824. The van der Waals surface area contributed by atoms with Crippen molar-refractivity contribution in [3.63, 3.8) is 0 Å². The molecular formula is C16H16Cl2N2O3. The fourth-order valence-corrected chi connectivity index (χ4v) is 2.88. The molecule has 0 spiro atoms. The van der Waals surface area contributed by atoms with Crippen LogP contribution in [-0.2, 0) is 20.7 Å². The summed E-state index contributed by atoms with van der Waals surface area (Å²) in [4.78, 5) is 23.6. The third-order valence-electron chi connectivity index (χ3n) is 3.75. The maximum Gasteiger partial charge on any atom is 0.310 e. The summed E-state index contributed by atoms with van der Waals surface area (Å²) >= 11 is 11.7. The van der Waals surface area contributed by atoms with Crippen molar-refractivity contribution in [2.75, 3.05) is 6.61 Å². The molecule has 1 aromatic rings. The van der Waals surface area contributed by atoms with Gasteiger partial charge in [-0.05, 0) is 43.4 Å². The van der Waals surface area contributed by atoms with Gasteiger partial charge in [-0.1, -0.05) is 29.3 Å². The molecule has 1 saturated carbocycles. The first-order valence-corrected chi connectivity index (χ1v) is 8.01. The number of halogens is 2. The molecule has 1 fully saturated rings. The Morgan fingerprint density at radius 1 is 1.26 bits per heavy atom. The minimum absolute atomic E-state index is 0.00639. The van der Waals surface area contributed by atoms with Gasteiger partial charge in [0, 0.05) is 0 Å². The molecule has 1 aliphatic carbocycles. The van der Waals surface area contributed by atoms with Crippen molar-refractivity contribution in [2.45, 2.75) is 37.6 Å². The number of esters is 1. The Hall–Kier alpha value is -1.77. The van der Waals surface area contributed by atoms with E-state index in [9.17, 15) is 14.9 Å². The third-order valence-corrected chi connectivity index (χ3v) is 4.49. The predicted octanol–water partition coefficient (Wildman–Crippen LogP) is 3.03. The van der Waals surface area contributed by atoms with Gasteiger partial charge in [-0.15, -0.1) is 0 Å². The lowest BCUT2D eigenvalue weighted by atomic mass is 10.00. The lowest BCUT2D eigenvalue weighted by Gasteiger charge is -2.21. The fraction of sp³-hybridized carbons (Fsp3) is 0.438. The van der Waals surface area contributed by atoms with Crippen molar-refractivity contribution in [3.8, 4) is 6.07 Å². The minimum Gasteiger partial charge on any atom is -0.455 e. The second-order valence-electron chi connectivity index (χ2n) is 5.54. The number of hydrogen-bond donors (Lipinski definition) is 1. The number of nitrogens with one attached hydrogen (secondary N) is 1. The summed E-state index contributed by atoms with van der Waals surface area (Å²) in [7, 11) is 0. The summed E-state index contributed by atoms with van der Waals surface area (Å²) in [5.41, 5.74) is -0.165. The van der Waals surface area contributed by atoms with Crippen molar-refractivity contribution in [1.29, 1.82) is 5.26 Å². The molecule has 1 aliphatic rings. The van der Waals surface area contributed by atoms with Crippen LogP contribution in [0.4, 0.5) is 0 Å². The molecule has 0 heterocycles. The second kappa shape index (κ2) is 7.67. The van der Waals surface area contributed by atoms with Crippen LogP contribution in [0.3, 0.4) is 0 Å². The summed E-state index contributed by atoms with van der Waals surface area (Å²) in [6.07, 6.45) is 3.07. The van der Waals surface area contributed by atoms with E-state index in [2.05, 4.69) is 11.4 Å². The van der Waals surface area contributed by atoms with E-state index in [-0.39, 0.29) is 6.42 Å². The average Bonchev–Trinajstić information content (AvgIpc) is 2.98. The maximum absolute atomic E-state index is 11.8. The van der Waals surface area contributed by atoms with E-state index in [1.54, 1.807) is 18.2 Å². The van der Waals surface area contributed by atoms with Crippen LogP contribution in [0.15, 0.2) is 18.2 Å². The molecule has 0 atom stereocenters. The number of rotatable bonds is 5. The molecule has 122 valence electrons. The number of benzene rings is 1. The first-order chi connectivity index (χ1) is 10.9. The predicted molar refractivity (Wildman–Crippen MR) is 86.1 cm³/mol. The molecule has 2 rings (SSSR count). The molecule has 5 nitrogen and oxygen atoms in total. The third kappa shape index (κ3) is 4.85. The zero-order valence-corrected chi connectivity index (χ0v) is 13.9. The van der Waals surface area contributed by atoms with Gasteiger partial charge < -0.3 is 10.1 Å². The Balaban J connectivity index is 1.81. The molecule has 23 heavy (non-hydrogen) atoms. The van der Waals surface area contributed by atoms with E-state index in [0.29, 0.717) is 28.5 Å². The molecule has 0 aromatic heterocycles. The van der Waals surface area contributed by atoms with E-state index in [1.807, 2.05) is 0 Å². The molecule has 0 aliphatic heterocycles. The average molecular weight is 355 g/mol. The highest BCUT2D eigenvalue weighted by Gasteiger charge is 2.35. The van der Waals surface area contributed by atoms with Gasteiger partial charge in [-0.3, -0.25) is 9.59 Å². The monoisotopic (exact) mass is 354 g/mol. The number of ether oxygens (including phenoxy) is 1. The van der Waals surface area contributed by atoms with Gasteiger partial charge in [0.05, 0.1) is 22.5 Å². The summed E-state index contributed by atoms with van der Waals surface area (Å²) < 4.78 is 4.94. The standard InChI is InChI=1S/C16H16Cl2N2O3/c17-12-4-3-11(7-13(12)18)8-15(22)23-9-14(21)20-16(10-19)5-1-2-6-16/h3-4,7H,1-2,5-6,8-9H2,(H,20,21). The van der Waals surface area contributed by atoms with E-state index in [4.69, 9.17) is 27.9 Å². The molecule has 1 amide bonds. The Bertz CT molecular complexity index is 649. The Kier molecular flexibility index (Phi) is 5.86. The minimum atomic E-state index is -0.812. The van der Waals surface area contributed by atoms with Gasteiger partial charge in [0.1, 0.15) is 5.54 Å². The van der Waals surface area contributed by atoms with E-state index < -0.39 is 24.0 Å². The van der Waals surface area contributed by atoms with Crippen LogP contribution in [0.2, 0.25) is 10.0 Å². The van der Waals surface area contributed by atoms with Crippen molar-refractivity contribution < 1.29 is 14.3 Å². The number of nitrogens with zero attached hydrogens (tertiary/aromatic N) is 1. The Labute approximate surface area is 144 Å². The van der Waals surface area contributed by atoms with Crippen LogP contribution in [0.5, 0.6) is 0 Å². The van der Waals surface area contributed by atoms with Gasteiger partial charge in [0.15, 0.2) is 6.61 Å². The van der Waals surface area contributed by atoms with Crippen LogP contribution < -0.4 is 5.32 Å². The molecule has 0 saturated heterocycles. The first-order valence-electron chi connectivity index (χ1n) is 7.26. The highest BCUT2D eigenvalue weighted by atomic mass is 35.5. The fourth-order valence-electron chi connectivity index (χ4n) is 2.56. The van der Waals surface area contributed by atoms with E-state index in [0.717, 1.165) is 12.8 Å². The number of nitriles is 1. The molecule has 0 unspecified atom stereocenters. The lowest BCUT2D eigenvalue weighted by molar-refractivity contribution is -0.148. The highest BCUT2D eigenvalue weighted by molar-refractivity contribution is 6.42. The van der Waals surface area contributed by atoms with Gasteiger partial charge in [-0.25, -0.2) is 0 Å². The Morgan fingerprint density at radius 3 is 2.57 bits per heavy atom. The number of hydrogen-bond acceptors (Lipinski definition) is 4. The van der Waals surface area contributed by atoms with E-state index in [1.165, 1.54) is 0 Å². The smallest absolute Gasteiger partial charge is 0.310 e. The van der Waals surface area contributed by atoms with Crippen LogP contribution in [0.1, 0.15) is 31.2 Å². The summed E-state index contributed by atoms with van der Waals surface area (Å²) in [6, 6.07) is 6.98. The van der Waals surface area contributed by atoms with Crippen LogP contribution >= 0.6 is 23.2 Å². The van der Waals surface area contributed by atoms with Gasteiger partial charge >= 0.3 is 5.97 Å².